The lowest BCUT2D eigenvalue weighted by Gasteiger charge is -2.21. The van der Waals surface area contributed by atoms with E-state index in [0.29, 0.717) is 25.7 Å². The van der Waals surface area contributed by atoms with Crippen LogP contribution in [0.3, 0.4) is 0 Å². The Morgan fingerprint density at radius 3 is 0.955 bits per heavy atom. The predicted octanol–water partition coefficient (Wildman–Crippen LogP) is 19.2. The van der Waals surface area contributed by atoms with Crippen molar-refractivity contribution in [2.24, 2.45) is 5.92 Å². The van der Waals surface area contributed by atoms with Crippen molar-refractivity contribution in [1.29, 1.82) is 0 Å². The highest BCUT2D eigenvalue weighted by atomic mass is 31.2. The molecule has 0 aromatic carbocycles. The first kappa shape index (κ1) is 86.0. The van der Waals surface area contributed by atoms with E-state index in [0.717, 1.165) is 134 Å². The van der Waals surface area contributed by atoms with Crippen molar-refractivity contribution in [2.45, 2.75) is 329 Å². The van der Waals surface area contributed by atoms with E-state index in [4.69, 9.17) is 37.0 Å². The molecule has 0 aromatic heterocycles. The monoisotopic (exact) mass is 1300 g/mol. The number of ether oxygens (including phenoxy) is 4. The van der Waals surface area contributed by atoms with Gasteiger partial charge in [-0.25, -0.2) is 9.13 Å². The number of aliphatic hydroxyl groups is 1. The molecule has 0 aliphatic carbocycles. The van der Waals surface area contributed by atoms with E-state index in [1.165, 1.54) is 96.3 Å². The van der Waals surface area contributed by atoms with Crippen LogP contribution in [0.2, 0.25) is 0 Å². The molecule has 17 nitrogen and oxygen atoms in total. The SMILES string of the molecule is CCCCCC/C=C\C=C/CCCCCCCC(=O)OC[C@H](COP(=O)(O)OC[C@@H](O)COP(=O)(O)OC[C@@H](COC(=O)CCCCCCC)OC(=O)CCCCCCCCCCCCC(C)CC)OC(=O)CCCCCCC/C=C\C=C/CCCCCC. The Bertz CT molecular complexity index is 1910. The molecule has 0 rings (SSSR count). The fourth-order valence-electron chi connectivity index (χ4n) is 9.53. The zero-order valence-corrected chi connectivity index (χ0v) is 58.3. The van der Waals surface area contributed by atoms with Crippen LogP contribution in [-0.4, -0.2) is 96.7 Å². The number of aliphatic hydroxyl groups excluding tert-OH is 1. The highest BCUT2D eigenvalue weighted by molar-refractivity contribution is 7.47. The molecule has 520 valence electrons. The number of rotatable bonds is 66. The quantitative estimate of drug-likeness (QED) is 0.0169. The molecule has 0 saturated heterocycles. The molecule has 0 amide bonds. The number of hydrogen-bond acceptors (Lipinski definition) is 15. The van der Waals surface area contributed by atoms with Crippen LogP contribution >= 0.6 is 15.6 Å². The van der Waals surface area contributed by atoms with Crippen molar-refractivity contribution in [3.05, 3.63) is 48.6 Å². The minimum absolute atomic E-state index is 0.0780. The normalized spacial score (nSPS) is 14.7. The Kier molecular flexibility index (Phi) is 60.4. The van der Waals surface area contributed by atoms with E-state index in [2.05, 4.69) is 83.2 Å². The number of phosphoric acid groups is 2. The lowest BCUT2D eigenvalue weighted by molar-refractivity contribution is -0.161. The summed E-state index contributed by atoms with van der Waals surface area (Å²) < 4.78 is 68.0. The maximum absolute atomic E-state index is 13.0. The maximum atomic E-state index is 13.0. The number of unbranched alkanes of at least 4 members (excludes halogenated alkanes) is 31. The van der Waals surface area contributed by atoms with Gasteiger partial charge < -0.3 is 33.8 Å². The van der Waals surface area contributed by atoms with Gasteiger partial charge in [0, 0.05) is 25.7 Å². The number of esters is 4. The molecule has 0 spiro atoms. The Labute approximate surface area is 540 Å². The second-order valence-electron chi connectivity index (χ2n) is 24.1. The fraction of sp³-hybridized carbons (Fsp3) is 0.829. The number of phosphoric ester groups is 2. The van der Waals surface area contributed by atoms with Gasteiger partial charge in [0.1, 0.15) is 19.3 Å². The van der Waals surface area contributed by atoms with Gasteiger partial charge in [-0.2, -0.15) is 0 Å². The third-order valence-corrected chi connectivity index (χ3v) is 17.3. The van der Waals surface area contributed by atoms with E-state index >= 15 is 0 Å². The molecule has 0 radical (unpaired) electrons. The van der Waals surface area contributed by atoms with Crippen LogP contribution in [0.25, 0.3) is 0 Å². The second-order valence-corrected chi connectivity index (χ2v) is 27.0. The first-order valence-electron chi connectivity index (χ1n) is 35.3. The molecule has 0 aliphatic heterocycles. The average Bonchev–Trinajstić information content (AvgIpc) is 3.71. The minimum Gasteiger partial charge on any atom is -0.462 e. The Hall–Kier alpha value is -2.98. The van der Waals surface area contributed by atoms with Crippen LogP contribution < -0.4 is 0 Å². The largest absolute Gasteiger partial charge is 0.472 e. The topological polar surface area (TPSA) is 237 Å². The summed E-state index contributed by atoms with van der Waals surface area (Å²) >= 11 is 0. The fourth-order valence-corrected chi connectivity index (χ4v) is 11.1. The molecule has 0 fully saturated rings. The minimum atomic E-state index is -4.96. The van der Waals surface area contributed by atoms with Gasteiger partial charge in [0.25, 0.3) is 0 Å². The van der Waals surface area contributed by atoms with Gasteiger partial charge in [-0.15, -0.1) is 0 Å². The van der Waals surface area contributed by atoms with Crippen molar-refractivity contribution >= 4 is 39.5 Å². The van der Waals surface area contributed by atoms with Crippen molar-refractivity contribution in [3.8, 4) is 0 Å². The highest BCUT2D eigenvalue weighted by Gasteiger charge is 2.30. The van der Waals surface area contributed by atoms with Gasteiger partial charge in [0.05, 0.1) is 26.4 Å². The van der Waals surface area contributed by atoms with E-state index in [1.54, 1.807) is 0 Å². The number of carbonyl (C=O) groups excluding carboxylic acids is 4. The Balaban J connectivity index is 5.24. The molecule has 3 N–H and O–H groups in total. The smallest absolute Gasteiger partial charge is 0.462 e. The van der Waals surface area contributed by atoms with E-state index < -0.39 is 97.5 Å². The van der Waals surface area contributed by atoms with Crippen LogP contribution in [0.5, 0.6) is 0 Å². The van der Waals surface area contributed by atoms with Crippen LogP contribution in [0, 0.1) is 5.92 Å². The van der Waals surface area contributed by atoms with Crippen LogP contribution in [0.1, 0.15) is 311 Å². The molecule has 0 bridgehead atoms. The molecular weight excluding hydrogens is 1170 g/mol. The van der Waals surface area contributed by atoms with Crippen molar-refractivity contribution in [1.82, 2.24) is 0 Å². The zero-order chi connectivity index (χ0) is 65.6. The average molecular weight is 1300 g/mol. The summed E-state index contributed by atoms with van der Waals surface area (Å²) in [7, 11) is -9.91. The molecule has 19 heteroatoms. The van der Waals surface area contributed by atoms with Crippen molar-refractivity contribution in [3.63, 3.8) is 0 Å². The molecule has 0 aromatic rings. The highest BCUT2D eigenvalue weighted by Crippen LogP contribution is 2.45. The summed E-state index contributed by atoms with van der Waals surface area (Å²) in [6.45, 7) is 7.04. The summed E-state index contributed by atoms with van der Waals surface area (Å²) in [5, 5.41) is 10.5. The maximum Gasteiger partial charge on any atom is 0.472 e. The van der Waals surface area contributed by atoms with Gasteiger partial charge in [-0.1, -0.05) is 257 Å². The lowest BCUT2D eigenvalue weighted by atomic mass is 9.99. The lowest BCUT2D eigenvalue weighted by Crippen LogP contribution is -2.30. The molecule has 0 aliphatic rings. The van der Waals surface area contributed by atoms with E-state index in [-0.39, 0.29) is 25.7 Å². The van der Waals surface area contributed by atoms with E-state index in [1.807, 2.05) is 0 Å². The van der Waals surface area contributed by atoms with E-state index in [9.17, 15) is 43.2 Å². The number of allylic oxidation sites excluding steroid dienone is 8. The first-order chi connectivity index (χ1) is 43.1. The standard InChI is InChI=1S/C70H128O17P2/c1-6-10-13-16-18-20-22-24-26-28-30-35-39-44-49-54-68(73)81-60-66(87-70(75)55-50-45-40-36-31-29-27-25-23-21-19-17-14-11-7-2)62-85-89(78,79)83-58-64(71)57-82-88(76,77)84-61-65(59-80-67(72)53-48-42-15-12-8-3)86-69(74)56-51-46-41-37-33-32-34-38-43-47-52-63(5)9-4/h20-27,63-66,71H,6-19,28-62H2,1-5H3,(H,76,77)(H,78,79)/b22-20-,23-21-,26-24-,27-25-/t63?,64-,65+,66+/m0/s1. The van der Waals surface area contributed by atoms with Gasteiger partial charge in [-0.3, -0.25) is 37.3 Å². The summed E-state index contributed by atoms with van der Waals surface area (Å²) in [5.74, 6) is -1.40. The predicted molar refractivity (Wildman–Crippen MR) is 358 cm³/mol. The molecular formula is C70H128O17P2. The first-order valence-corrected chi connectivity index (χ1v) is 38.3. The summed E-state index contributed by atoms with van der Waals surface area (Å²) in [5.41, 5.74) is 0. The molecule has 0 heterocycles. The number of hydrogen-bond donors (Lipinski definition) is 3. The van der Waals surface area contributed by atoms with Gasteiger partial charge in [0.2, 0.25) is 0 Å². The summed E-state index contributed by atoms with van der Waals surface area (Å²) in [6, 6.07) is 0. The van der Waals surface area contributed by atoms with Crippen LogP contribution in [0.4, 0.5) is 0 Å². The third kappa shape index (κ3) is 62.3. The van der Waals surface area contributed by atoms with Gasteiger partial charge in [0.15, 0.2) is 12.2 Å². The third-order valence-electron chi connectivity index (χ3n) is 15.4. The van der Waals surface area contributed by atoms with Gasteiger partial charge in [-0.05, 0) is 83.0 Å². The van der Waals surface area contributed by atoms with Gasteiger partial charge >= 0.3 is 39.5 Å². The van der Waals surface area contributed by atoms with Crippen LogP contribution in [-0.2, 0) is 65.4 Å². The summed E-state index contributed by atoms with van der Waals surface area (Å²) in [4.78, 5) is 72.2. The Morgan fingerprint density at radius 2 is 0.629 bits per heavy atom. The zero-order valence-electron chi connectivity index (χ0n) is 56.5. The molecule has 89 heavy (non-hydrogen) atoms. The molecule has 6 atom stereocenters. The molecule has 3 unspecified atom stereocenters. The van der Waals surface area contributed by atoms with Crippen LogP contribution in [0.15, 0.2) is 48.6 Å². The Morgan fingerprint density at radius 1 is 0.360 bits per heavy atom. The van der Waals surface area contributed by atoms with Crippen molar-refractivity contribution in [2.75, 3.05) is 39.6 Å². The molecule has 0 saturated carbocycles. The number of carbonyl (C=O) groups is 4. The second kappa shape index (κ2) is 62.5. The van der Waals surface area contributed by atoms with Crippen molar-refractivity contribution < 1.29 is 80.2 Å². The summed E-state index contributed by atoms with van der Waals surface area (Å²) in [6.07, 6.45) is 54.6.